The summed E-state index contributed by atoms with van der Waals surface area (Å²) in [5.41, 5.74) is 7.13. The average molecular weight is 290 g/mol. The standard InChI is InChI=1S/C17H26N2O2/c1-3-15(19-10-6-4-5-7-11-19)17(20)13-8-9-16(21-2)14(18)12-13/h8-9,12,15H,3-7,10-11,18H2,1-2H3. The van der Waals surface area contributed by atoms with Crippen molar-refractivity contribution in [1.29, 1.82) is 0 Å². The van der Waals surface area contributed by atoms with Gasteiger partial charge in [0.05, 0.1) is 18.8 Å². The van der Waals surface area contributed by atoms with Gasteiger partial charge in [-0.25, -0.2) is 0 Å². The molecule has 1 fully saturated rings. The fourth-order valence-electron chi connectivity index (χ4n) is 3.10. The maximum absolute atomic E-state index is 12.8. The van der Waals surface area contributed by atoms with Crippen molar-refractivity contribution in [3.8, 4) is 5.75 Å². The molecule has 2 rings (SSSR count). The Morgan fingerprint density at radius 1 is 1.29 bits per heavy atom. The van der Waals surface area contributed by atoms with E-state index in [0.717, 1.165) is 19.5 Å². The largest absolute Gasteiger partial charge is 0.495 e. The Balaban J connectivity index is 2.17. The second kappa shape index (κ2) is 7.46. The number of anilines is 1. The second-order valence-corrected chi connectivity index (χ2v) is 5.70. The van der Waals surface area contributed by atoms with Crippen LogP contribution in [-0.4, -0.2) is 36.9 Å². The van der Waals surface area contributed by atoms with Crippen molar-refractivity contribution in [2.75, 3.05) is 25.9 Å². The fourth-order valence-corrected chi connectivity index (χ4v) is 3.10. The predicted molar refractivity (Wildman–Crippen MR) is 85.9 cm³/mol. The number of hydrogen-bond acceptors (Lipinski definition) is 4. The van der Waals surface area contributed by atoms with Crippen LogP contribution in [0.2, 0.25) is 0 Å². The number of carbonyl (C=O) groups excluding carboxylic acids is 1. The van der Waals surface area contributed by atoms with E-state index in [9.17, 15) is 4.79 Å². The molecule has 1 aliphatic heterocycles. The van der Waals surface area contributed by atoms with Gasteiger partial charge in [0.15, 0.2) is 5.78 Å². The van der Waals surface area contributed by atoms with Gasteiger partial charge in [-0.1, -0.05) is 19.8 Å². The minimum Gasteiger partial charge on any atom is -0.495 e. The summed E-state index contributed by atoms with van der Waals surface area (Å²) in [6.45, 7) is 4.13. The number of benzene rings is 1. The van der Waals surface area contributed by atoms with Crippen LogP contribution in [0.5, 0.6) is 5.75 Å². The van der Waals surface area contributed by atoms with Crippen molar-refractivity contribution in [2.45, 2.75) is 45.1 Å². The van der Waals surface area contributed by atoms with Crippen LogP contribution in [0, 0.1) is 0 Å². The molecule has 2 N–H and O–H groups in total. The number of methoxy groups -OCH3 is 1. The zero-order valence-electron chi connectivity index (χ0n) is 13.1. The number of rotatable bonds is 5. The van der Waals surface area contributed by atoms with E-state index >= 15 is 0 Å². The van der Waals surface area contributed by atoms with E-state index in [4.69, 9.17) is 10.5 Å². The molecule has 116 valence electrons. The Bertz CT molecular complexity index is 480. The summed E-state index contributed by atoms with van der Waals surface area (Å²) in [5, 5.41) is 0. The van der Waals surface area contributed by atoms with Gasteiger partial charge in [-0.15, -0.1) is 0 Å². The Hall–Kier alpha value is -1.55. The van der Waals surface area contributed by atoms with E-state index in [-0.39, 0.29) is 11.8 Å². The van der Waals surface area contributed by atoms with Crippen LogP contribution in [0.15, 0.2) is 18.2 Å². The number of likely N-dealkylation sites (tertiary alicyclic amines) is 1. The molecule has 0 spiro atoms. The van der Waals surface area contributed by atoms with Crippen LogP contribution < -0.4 is 10.5 Å². The summed E-state index contributed by atoms with van der Waals surface area (Å²) in [7, 11) is 1.58. The maximum atomic E-state index is 12.8. The zero-order valence-corrected chi connectivity index (χ0v) is 13.1. The lowest BCUT2D eigenvalue weighted by atomic mass is 9.99. The highest BCUT2D eigenvalue weighted by Gasteiger charge is 2.26. The van der Waals surface area contributed by atoms with Gasteiger partial charge in [0.25, 0.3) is 0 Å². The highest BCUT2D eigenvalue weighted by Crippen LogP contribution is 2.24. The molecular weight excluding hydrogens is 264 g/mol. The van der Waals surface area contributed by atoms with Gasteiger partial charge in [-0.2, -0.15) is 0 Å². The molecule has 1 heterocycles. The number of ether oxygens (including phenoxy) is 1. The summed E-state index contributed by atoms with van der Waals surface area (Å²) in [5.74, 6) is 0.795. The molecular formula is C17H26N2O2. The van der Waals surface area contributed by atoms with Crippen LogP contribution in [0.25, 0.3) is 0 Å². The molecule has 1 unspecified atom stereocenters. The quantitative estimate of drug-likeness (QED) is 0.668. The van der Waals surface area contributed by atoms with Crippen molar-refractivity contribution in [2.24, 2.45) is 0 Å². The van der Waals surface area contributed by atoms with Crippen LogP contribution in [0.3, 0.4) is 0 Å². The van der Waals surface area contributed by atoms with Crippen LogP contribution in [0.1, 0.15) is 49.4 Å². The second-order valence-electron chi connectivity index (χ2n) is 5.70. The number of hydrogen-bond donors (Lipinski definition) is 1. The topological polar surface area (TPSA) is 55.6 Å². The van der Waals surface area contributed by atoms with E-state index in [0.29, 0.717) is 17.0 Å². The van der Waals surface area contributed by atoms with Crippen LogP contribution >= 0.6 is 0 Å². The third-order valence-electron chi connectivity index (χ3n) is 4.28. The monoisotopic (exact) mass is 290 g/mol. The maximum Gasteiger partial charge on any atom is 0.180 e. The lowest BCUT2D eigenvalue weighted by Gasteiger charge is -2.28. The molecule has 0 amide bonds. The molecule has 4 nitrogen and oxygen atoms in total. The predicted octanol–water partition coefficient (Wildman–Crippen LogP) is 3.11. The Labute approximate surface area is 127 Å². The molecule has 0 radical (unpaired) electrons. The Morgan fingerprint density at radius 2 is 1.95 bits per heavy atom. The van der Waals surface area contributed by atoms with Crippen LogP contribution in [-0.2, 0) is 0 Å². The van der Waals surface area contributed by atoms with Crippen LogP contribution in [0.4, 0.5) is 5.69 Å². The van der Waals surface area contributed by atoms with E-state index in [1.807, 2.05) is 6.07 Å². The summed E-state index contributed by atoms with van der Waals surface area (Å²) in [6.07, 6.45) is 5.76. The first kappa shape index (κ1) is 15.8. The van der Waals surface area contributed by atoms with Crippen molar-refractivity contribution >= 4 is 11.5 Å². The summed E-state index contributed by atoms with van der Waals surface area (Å²) in [4.78, 5) is 15.1. The first-order chi connectivity index (χ1) is 10.2. The number of nitrogens with zero attached hydrogens (tertiary/aromatic N) is 1. The fraction of sp³-hybridized carbons (Fsp3) is 0.588. The highest BCUT2D eigenvalue weighted by atomic mass is 16.5. The molecule has 0 bridgehead atoms. The smallest absolute Gasteiger partial charge is 0.180 e. The van der Waals surface area contributed by atoms with E-state index in [1.54, 1.807) is 19.2 Å². The van der Waals surface area contributed by atoms with Gasteiger partial charge >= 0.3 is 0 Å². The zero-order chi connectivity index (χ0) is 15.2. The molecule has 1 aromatic rings. The summed E-state index contributed by atoms with van der Waals surface area (Å²) >= 11 is 0. The van der Waals surface area contributed by atoms with Crippen molar-refractivity contribution in [3.05, 3.63) is 23.8 Å². The minimum atomic E-state index is -0.0316. The molecule has 1 aromatic carbocycles. The van der Waals surface area contributed by atoms with Gasteiger partial charge < -0.3 is 10.5 Å². The first-order valence-electron chi connectivity index (χ1n) is 7.89. The Kier molecular flexibility index (Phi) is 5.62. The van der Waals surface area contributed by atoms with Gasteiger partial charge in [0.1, 0.15) is 5.75 Å². The third kappa shape index (κ3) is 3.76. The van der Waals surface area contributed by atoms with Gasteiger partial charge in [-0.3, -0.25) is 9.69 Å². The lowest BCUT2D eigenvalue weighted by Crippen LogP contribution is -2.41. The minimum absolute atomic E-state index is 0.0316. The lowest BCUT2D eigenvalue weighted by molar-refractivity contribution is 0.0816. The van der Waals surface area contributed by atoms with Crippen molar-refractivity contribution in [3.63, 3.8) is 0 Å². The number of nitrogens with two attached hydrogens (primary N) is 1. The van der Waals surface area contributed by atoms with Gasteiger partial charge in [-0.05, 0) is 50.6 Å². The molecule has 21 heavy (non-hydrogen) atoms. The Morgan fingerprint density at radius 3 is 2.48 bits per heavy atom. The molecule has 0 aromatic heterocycles. The van der Waals surface area contributed by atoms with E-state index < -0.39 is 0 Å². The van der Waals surface area contributed by atoms with Gasteiger partial charge in [0.2, 0.25) is 0 Å². The van der Waals surface area contributed by atoms with E-state index in [1.165, 1.54) is 25.7 Å². The third-order valence-corrected chi connectivity index (χ3v) is 4.28. The summed E-state index contributed by atoms with van der Waals surface area (Å²) in [6, 6.07) is 5.30. The van der Waals surface area contributed by atoms with Crippen molar-refractivity contribution in [1.82, 2.24) is 4.90 Å². The molecule has 1 saturated heterocycles. The van der Waals surface area contributed by atoms with Crippen molar-refractivity contribution < 1.29 is 9.53 Å². The highest BCUT2D eigenvalue weighted by molar-refractivity contribution is 6.01. The first-order valence-corrected chi connectivity index (χ1v) is 7.89. The SMILES string of the molecule is CCC(C(=O)c1ccc(OC)c(N)c1)N1CCCCCC1. The number of ketones is 1. The number of carbonyl (C=O) groups is 1. The van der Waals surface area contributed by atoms with E-state index in [2.05, 4.69) is 11.8 Å². The van der Waals surface area contributed by atoms with Gasteiger partial charge in [0, 0.05) is 5.56 Å². The molecule has 0 saturated carbocycles. The number of nitrogen functional groups attached to an aromatic ring is 1. The normalized spacial score (nSPS) is 18.0. The molecule has 4 heteroatoms. The molecule has 1 aliphatic rings. The summed E-state index contributed by atoms with van der Waals surface area (Å²) < 4.78 is 5.15. The molecule has 0 aliphatic carbocycles. The average Bonchev–Trinajstić information content (AvgIpc) is 2.77. The number of Topliss-reactive ketones (excluding diaryl/α,β-unsaturated/α-hetero) is 1. The molecule has 1 atom stereocenters.